The van der Waals surface area contributed by atoms with Crippen molar-refractivity contribution in [3.05, 3.63) is 33.2 Å². The number of benzene rings is 1. The van der Waals surface area contributed by atoms with E-state index >= 15 is 0 Å². The fourth-order valence-corrected chi connectivity index (χ4v) is 3.30. The first-order valence-electron chi connectivity index (χ1n) is 5.45. The van der Waals surface area contributed by atoms with E-state index in [1.807, 2.05) is 0 Å². The van der Waals surface area contributed by atoms with Gasteiger partial charge in [-0.3, -0.25) is 0 Å². The second kappa shape index (κ2) is 5.31. The molecule has 0 spiro atoms. The zero-order valence-corrected chi connectivity index (χ0v) is 12.1. The molecule has 0 atom stereocenters. The first kappa shape index (κ1) is 16.9. The van der Waals surface area contributed by atoms with Gasteiger partial charge in [0.2, 0.25) is 0 Å². The molecule has 1 aromatic heterocycles. The summed E-state index contributed by atoms with van der Waals surface area (Å²) in [5.74, 6) is -1.29. The smallest absolute Gasteiger partial charge is 0.418 e. The summed E-state index contributed by atoms with van der Waals surface area (Å²) in [6.45, 7) is 0. The molecule has 2 nitrogen and oxygen atoms in total. The van der Waals surface area contributed by atoms with E-state index < -0.39 is 44.7 Å². The largest absolute Gasteiger partial charge is 0.465 e. The van der Waals surface area contributed by atoms with Crippen LogP contribution in [0.4, 0.5) is 26.3 Å². The van der Waals surface area contributed by atoms with Crippen molar-refractivity contribution in [2.75, 3.05) is 7.11 Å². The predicted molar refractivity (Wildman–Crippen MR) is 68.2 cm³/mol. The van der Waals surface area contributed by atoms with Crippen molar-refractivity contribution in [2.45, 2.75) is 12.4 Å². The normalized spacial score (nSPS) is 12.7. The number of thiophene rings is 1. The maximum atomic E-state index is 13.1. The molecule has 0 fully saturated rings. The predicted octanol–water partition coefficient (Wildman–Crippen LogP) is 5.38. The standard InChI is InChI=1S/C12H5ClF6O2S/c1-21-10(20)9-7(12(17,18)19)5-2-4(11(14,15)16)3-6(13)8(5)22-9/h2-3H,1H3. The molecule has 1 aromatic carbocycles. The van der Waals surface area contributed by atoms with Crippen LogP contribution in [0.1, 0.15) is 20.8 Å². The van der Waals surface area contributed by atoms with Gasteiger partial charge in [-0.25, -0.2) is 4.79 Å². The molecule has 22 heavy (non-hydrogen) atoms. The number of carbonyl (C=O) groups excluding carboxylic acids is 1. The minimum absolute atomic E-state index is 0.262. The average molecular weight is 363 g/mol. The van der Waals surface area contributed by atoms with Crippen LogP contribution >= 0.6 is 22.9 Å². The maximum Gasteiger partial charge on any atom is 0.418 e. The van der Waals surface area contributed by atoms with Crippen molar-refractivity contribution < 1.29 is 35.9 Å². The average Bonchev–Trinajstić information content (AvgIpc) is 2.76. The van der Waals surface area contributed by atoms with E-state index in [1.54, 1.807) is 0 Å². The van der Waals surface area contributed by atoms with Gasteiger partial charge in [0.25, 0.3) is 0 Å². The lowest BCUT2D eigenvalue weighted by Gasteiger charge is -2.10. The van der Waals surface area contributed by atoms with Crippen LogP contribution in [0, 0.1) is 0 Å². The van der Waals surface area contributed by atoms with E-state index in [0.717, 1.165) is 7.11 Å². The van der Waals surface area contributed by atoms with Crippen LogP contribution in [0.2, 0.25) is 5.02 Å². The van der Waals surface area contributed by atoms with Crippen LogP contribution in [0.5, 0.6) is 0 Å². The van der Waals surface area contributed by atoms with Gasteiger partial charge in [-0.1, -0.05) is 11.6 Å². The Balaban J connectivity index is 2.91. The topological polar surface area (TPSA) is 26.3 Å². The molecule has 120 valence electrons. The zero-order valence-electron chi connectivity index (χ0n) is 10.5. The van der Waals surface area contributed by atoms with Crippen molar-refractivity contribution in [2.24, 2.45) is 0 Å². The number of methoxy groups -OCH3 is 1. The number of alkyl halides is 6. The Labute approximate surface area is 128 Å². The van der Waals surface area contributed by atoms with Crippen molar-refractivity contribution in [1.29, 1.82) is 0 Å². The third kappa shape index (κ3) is 2.87. The number of hydrogen-bond donors (Lipinski definition) is 0. The summed E-state index contributed by atoms with van der Waals surface area (Å²) in [6.07, 6.45) is -9.90. The van der Waals surface area contributed by atoms with E-state index in [9.17, 15) is 31.1 Å². The fourth-order valence-electron chi connectivity index (χ4n) is 1.84. The Hall–Kier alpha value is -1.48. The summed E-state index contributed by atoms with van der Waals surface area (Å²) >= 11 is 5.98. The quantitative estimate of drug-likeness (QED) is 0.503. The SMILES string of the molecule is COC(=O)c1sc2c(Cl)cc(C(F)(F)F)cc2c1C(F)(F)F. The molecule has 0 amide bonds. The first-order valence-corrected chi connectivity index (χ1v) is 6.65. The minimum Gasteiger partial charge on any atom is -0.465 e. The first-order chi connectivity index (χ1) is 9.96. The molecule has 0 aliphatic heterocycles. The number of esters is 1. The molecule has 10 heteroatoms. The molecule has 0 saturated heterocycles. The van der Waals surface area contributed by atoms with Crippen LogP contribution in [0.3, 0.4) is 0 Å². The lowest BCUT2D eigenvalue weighted by atomic mass is 10.1. The van der Waals surface area contributed by atoms with Gasteiger partial charge in [-0.2, -0.15) is 26.3 Å². The number of ether oxygens (including phenoxy) is 1. The minimum atomic E-state index is -5.03. The monoisotopic (exact) mass is 362 g/mol. The Kier molecular flexibility index (Phi) is 4.07. The van der Waals surface area contributed by atoms with Crippen molar-refractivity contribution in [3.63, 3.8) is 0 Å². The van der Waals surface area contributed by atoms with E-state index in [2.05, 4.69) is 4.74 Å². The highest BCUT2D eigenvalue weighted by Gasteiger charge is 2.41. The molecular weight excluding hydrogens is 358 g/mol. The summed E-state index contributed by atoms with van der Waals surface area (Å²) in [7, 11) is 0.871. The van der Waals surface area contributed by atoms with E-state index in [0.29, 0.717) is 23.5 Å². The second-order valence-electron chi connectivity index (χ2n) is 4.13. The van der Waals surface area contributed by atoms with Gasteiger partial charge in [-0.05, 0) is 12.1 Å². The lowest BCUT2D eigenvalue weighted by Crippen LogP contribution is -2.12. The summed E-state index contributed by atoms with van der Waals surface area (Å²) < 4.78 is 81.6. The highest BCUT2D eigenvalue weighted by molar-refractivity contribution is 7.21. The highest BCUT2D eigenvalue weighted by Crippen LogP contribution is 2.46. The molecule has 0 aliphatic rings. The van der Waals surface area contributed by atoms with Crippen molar-refractivity contribution in [3.8, 4) is 0 Å². The van der Waals surface area contributed by atoms with Crippen LogP contribution < -0.4 is 0 Å². The Bertz CT molecular complexity index is 747. The number of rotatable bonds is 1. The van der Waals surface area contributed by atoms with Crippen LogP contribution in [-0.2, 0) is 17.1 Å². The molecular formula is C12H5ClF6O2S. The highest BCUT2D eigenvalue weighted by atomic mass is 35.5. The van der Waals surface area contributed by atoms with E-state index in [4.69, 9.17) is 11.6 Å². The van der Waals surface area contributed by atoms with Crippen LogP contribution in [0.15, 0.2) is 12.1 Å². The Morgan fingerprint density at radius 2 is 1.73 bits per heavy atom. The van der Waals surface area contributed by atoms with Crippen molar-refractivity contribution in [1.82, 2.24) is 0 Å². The molecule has 0 radical (unpaired) electrons. The summed E-state index contributed by atoms with van der Waals surface area (Å²) in [6, 6.07) is 0.842. The van der Waals surface area contributed by atoms with Gasteiger partial charge >= 0.3 is 18.3 Å². The molecule has 0 saturated carbocycles. The second-order valence-corrected chi connectivity index (χ2v) is 5.56. The number of carbonyl (C=O) groups is 1. The van der Waals surface area contributed by atoms with Gasteiger partial charge in [0.15, 0.2) is 0 Å². The lowest BCUT2D eigenvalue weighted by molar-refractivity contribution is -0.139. The third-order valence-electron chi connectivity index (χ3n) is 2.73. The van der Waals surface area contributed by atoms with E-state index in [1.165, 1.54) is 0 Å². The summed E-state index contributed by atoms with van der Waals surface area (Å²) in [4.78, 5) is 10.6. The molecule has 1 heterocycles. The molecule has 2 aromatic rings. The Morgan fingerprint density at radius 3 is 2.18 bits per heavy atom. The van der Waals surface area contributed by atoms with E-state index in [-0.39, 0.29) is 4.70 Å². The maximum absolute atomic E-state index is 13.1. The number of hydrogen-bond acceptors (Lipinski definition) is 3. The fraction of sp³-hybridized carbons (Fsp3) is 0.250. The Morgan fingerprint density at radius 1 is 1.14 bits per heavy atom. The van der Waals surface area contributed by atoms with Crippen molar-refractivity contribution >= 4 is 39.0 Å². The molecule has 0 unspecified atom stereocenters. The zero-order chi connectivity index (χ0) is 16.9. The molecule has 0 bridgehead atoms. The summed E-state index contributed by atoms with van der Waals surface area (Å²) in [5.41, 5.74) is -2.81. The van der Waals surface area contributed by atoms with Gasteiger partial charge in [0.05, 0.1) is 28.0 Å². The van der Waals surface area contributed by atoms with Gasteiger partial charge in [-0.15, -0.1) is 11.3 Å². The molecule has 2 rings (SSSR count). The number of fused-ring (bicyclic) bond motifs is 1. The summed E-state index contributed by atoms with van der Waals surface area (Å²) in [5, 5.41) is -1.30. The van der Waals surface area contributed by atoms with Crippen LogP contribution in [-0.4, -0.2) is 13.1 Å². The molecule has 0 aliphatic carbocycles. The third-order valence-corrected chi connectivity index (χ3v) is 4.35. The van der Waals surface area contributed by atoms with Gasteiger partial charge in [0, 0.05) is 5.39 Å². The number of halogens is 7. The molecule has 0 N–H and O–H groups in total. The van der Waals surface area contributed by atoms with Crippen LogP contribution in [0.25, 0.3) is 10.1 Å². The van der Waals surface area contributed by atoms with Gasteiger partial charge in [0.1, 0.15) is 4.88 Å². The van der Waals surface area contributed by atoms with Gasteiger partial charge < -0.3 is 4.74 Å².